The molecule has 0 amide bonds. The maximum atomic E-state index is 12.9. The number of rotatable bonds is 10. The minimum absolute atomic E-state index is 0.434. The van der Waals surface area contributed by atoms with Crippen molar-refractivity contribution in [3.8, 4) is 0 Å². The van der Waals surface area contributed by atoms with Crippen LogP contribution >= 0.6 is 7.67 Å². The Labute approximate surface area is 118 Å². The van der Waals surface area contributed by atoms with E-state index in [-0.39, 0.29) is 0 Å². The normalized spacial score (nSPS) is 35.9. The predicted octanol–water partition coefficient (Wildman–Crippen LogP) is 3.88. The second-order valence-corrected chi connectivity index (χ2v) is 8.30. The highest BCUT2D eigenvalue weighted by Gasteiger charge is 2.56. The number of unbranched alkanes of at least 4 members (excludes halogenated alkanes) is 5. The van der Waals surface area contributed by atoms with Crippen molar-refractivity contribution < 1.29 is 9.09 Å². The van der Waals surface area contributed by atoms with Crippen molar-refractivity contribution in [3.05, 3.63) is 0 Å². The van der Waals surface area contributed by atoms with Gasteiger partial charge in [0, 0.05) is 25.2 Å². The monoisotopic (exact) mass is 288 g/mol. The van der Waals surface area contributed by atoms with Crippen LogP contribution in [0.25, 0.3) is 0 Å². The first-order chi connectivity index (χ1) is 9.09. The van der Waals surface area contributed by atoms with E-state index in [1.165, 1.54) is 32.1 Å². The van der Waals surface area contributed by atoms with Gasteiger partial charge in [-0.15, -0.1) is 0 Å². The van der Waals surface area contributed by atoms with Crippen molar-refractivity contribution in [2.45, 2.75) is 71.4 Å². The van der Waals surface area contributed by atoms with Crippen LogP contribution < -0.4 is 0 Å². The average Bonchev–Trinajstić information content (AvgIpc) is 3.27. The van der Waals surface area contributed by atoms with Gasteiger partial charge in [0.15, 0.2) is 0 Å². The van der Waals surface area contributed by atoms with E-state index in [0.29, 0.717) is 18.7 Å². The van der Waals surface area contributed by atoms with Gasteiger partial charge in [-0.25, -0.2) is 9.34 Å². The summed E-state index contributed by atoms with van der Waals surface area (Å²) in [6, 6.07) is 0.867. The van der Waals surface area contributed by atoms with Gasteiger partial charge in [0.25, 0.3) is 0 Å². The van der Waals surface area contributed by atoms with E-state index in [2.05, 4.69) is 20.8 Å². The Morgan fingerprint density at radius 2 is 1.47 bits per heavy atom. The summed E-state index contributed by atoms with van der Waals surface area (Å²) >= 11 is 0. The standard InChI is InChI=1S/C14H29N2O2P/c1-4-5-6-7-8-9-10-18-19(17,15-11-13(15)2)16-12-14(16)3/h13-14H,4-12H2,1-3H3/t13-,14+,15?,16?,19?. The number of nitrogens with zero attached hydrogens (tertiary/aromatic N) is 2. The Balaban J connectivity index is 1.66. The molecule has 5 atom stereocenters. The molecule has 2 fully saturated rings. The molecule has 0 spiro atoms. The van der Waals surface area contributed by atoms with Crippen LogP contribution in [0, 0.1) is 0 Å². The molecule has 0 aliphatic carbocycles. The van der Waals surface area contributed by atoms with Crippen LogP contribution in [-0.2, 0) is 9.09 Å². The molecule has 0 aromatic heterocycles. The molecule has 0 radical (unpaired) electrons. The summed E-state index contributed by atoms with van der Waals surface area (Å²) in [5.74, 6) is 0. The molecule has 19 heavy (non-hydrogen) atoms. The van der Waals surface area contributed by atoms with Crippen molar-refractivity contribution in [2.24, 2.45) is 0 Å². The largest absolute Gasteiger partial charge is 0.346 e. The van der Waals surface area contributed by atoms with E-state index in [0.717, 1.165) is 19.5 Å². The van der Waals surface area contributed by atoms with Gasteiger partial charge in [-0.1, -0.05) is 39.0 Å². The Morgan fingerprint density at radius 3 is 1.95 bits per heavy atom. The lowest BCUT2D eigenvalue weighted by molar-refractivity contribution is 0.261. The minimum atomic E-state index is -2.65. The molecular formula is C14H29N2O2P. The van der Waals surface area contributed by atoms with Crippen molar-refractivity contribution in [1.29, 1.82) is 0 Å². The van der Waals surface area contributed by atoms with Crippen molar-refractivity contribution in [3.63, 3.8) is 0 Å². The van der Waals surface area contributed by atoms with Gasteiger partial charge < -0.3 is 4.52 Å². The molecule has 5 heteroatoms. The summed E-state index contributed by atoms with van der Waals surface area (Å²) in [7, 11) is -2.65. The zero-order chi connectivity index (χ0) is 13.9. The Kier molecular flexibility index (Phi) is 5.47. The molecule has 0 N–H and O–H groups in total. The van der Waals surface area contributed by atoms with E-state index in [4.69, 9.17) is 4.52 Å². The van der Waals surface area contributed by atoms with Crippen LogP contribution in [0.1, 0.15) is 59.3 Å². The predicted molar refractivity (Wildman–Crippen MR) is 79.3 cm³/mol. The highest BCUT2D eigenvalue weighted by atomic mass is 31.2. The second kappa shape index (κ2) is 6.71. The lowest BCUT2D eigenvalue weighted by Crippen LogP contribution is -2.11. The maximum Gasteiger partial charge on any atom is 0.346 e. The molecule has 2 rings (SSSR count). The van der Waals surface area contributed by atoms with Crippen LogP contribution in [0.5, 0.6) is 0 Å². The van der Waals surface area contributed by atoms with Crippen LogP contribution in [0.2, 0.25) is 0 Å². The Hall–Kier alpha value is 0.110. The smallest absolute Gasteiger partial charge is 0.306 e. The fraction of sp³-hybridized carbons (Fsp3) is 1.00. The summed E-state index contributed by atoms with van der Waals surface area (Å²) in [6.45, 7) is 8.98. The molecule has 0 aromatic rings. The molecule has 2 saturated heterocycles. The third kappa shape index (κ3) is 4.04. The fourth-order valence-electron chi connectivity index (χ4n) is 2.51. The second-order valence-electron chi connectivity index (χ2n) is 6.03. The van der Waals surface area contributed by atoms with E-state index < -0.39 is 7.67 Å². The van der Waals surface area contributed by atoms with Gasteiger partial charge in [0.2, 0.25) is 0 Å². The molecular weight excluding hydrogens is 259 g/mol. The third-order valence-corrected chi connectivity index (χ3v) is 6.99. The molecule has 2 heterocycles. The van der Waals surface area contributed by atoms with Gasteiger partial charge in [-0.2, -0.15) is 0 Å². The lowest BCUT2D eigenvalue weighted by atomic mass is 10.1. The van der Waals surface area contributed by atoms with Crippen LogP contribution in [-0.4, -0.2) is 41.1 Å². The molecule has 3 unspecified atom stereocenters. The molecule has 0 aromatic carbocycles. The van der Waals surface area contributed by atoms with Gasteiger partial charge in [-0.3, -0.25) is 4.57 Å². The first-order valence-electron chi connectivity index (χ1n) is 7.88. The van der Waals surface area contributed by atoms with Crippen molar-refractivity contribution in [1.82, 2.24) is 9.34 Å². The highest BCUT2D eigenvalue weighted by Crippen LogP contribution is 2.64. The van der Waals surface area contributed by atoms with Crippen LogP contribution in [0.4, 0.5) is 0 Å². The minimum Gasteiger partial charge on any atom is -0.306 e. The zero-order valence-corrected chi connectivity index (χ0v) is 13.6. The molecule has 112 valence electrons. The lowest BCUT2D eigenvalue weighted by Gasteiger charge is -2.21. The number of hydrogen-bond donors (Lipinski definition) is 0. The van der Waals surface area contributed by atoms with E-state index in [9.17, 15) is 4.57 Å². The quantitative estimate of drug-likeness (QED) is 0.347. The maximum absolute atomic E-state index is 12.9. The SMILES string of the molecule is CCCCCCCCOP(=O)(N1C[C@H]1C)N1C[C@@H]1C. The molecule has 0 bridgehead atoms. The van der Waals surface area contributed by atoms with Gasteiger partial charge in [0.05, 0.1) is 6.61 Å². The highest BCUT2D eigenvalue weighted by molar-refractivity contribution is 7.54. The molecule has 4 nitrogen and oxygen atoms in total. The molecule has 2 aliphatic rings. The topological polar surface area (TPSA) is 32.3 Å². The molecule has 2 aliphatic heterocycles. The van der Waals surface area contributed by atoms with E-state index >= 15 is 0 Å². The molecule has 0 saturated carbocycles. The Bertz CT molecular complexity index is 317. The van der Waals surface area contributed by atoms with Crippen molar-refractivity contribution in [2.75, 3.05) is 19.7 Å². The average molecular weight is 288 g/mol. The summed E-state index contributed by atoms with van der Waals surface area (Å²) < 4.78 is 22.8. The van der Waals surface area contributed by atoms with Crippen LogP contribution in [0.15, 0.2) is 0 Å². The first kappa shape index (κ1) is 15.5. The number of hydrogen-bond acceptors (Lipinski definition) is 2. The van der Waals surface area contributed by atoms with E-state index in [1.54, 1.807) is 0 Å². The summed E-state index contributed by atoms with van der Waals surface area (Å²) in [6.07, 6.45) is 7.45. The zero-order valence-electron chi connectivity index (χ0n) is 12.7. The van der Waals surface area contributed by atoms with E-state index in [1.807, 2.05) is 9.34 Å². The van der Waals surface area contributed by atoms with Gasteiger partial charge >= 0.3 is 7.67 Å². The summed E-state index contributed by atoms with van der Waals surface area (Å²) in [5.41, 5.74) is 0. The fourth-order valence-corrected chi connectivity index (χ4v) is 5.35. The third-order valence-electron chi connectivity index (χ3n) is 4.06. The van der Waals surface area contributed by atoms with Gasteiger partial charge in [-0.05, 0) is 20.3 Å². The Morgan fingerprint density at radius 1 is 1.00 bits per heavy atom. The van der Waals surface area contributed by atoms with Crippen LogP contribution in [0.3, 0.4) is 0 Å². The van der Waals surface area contributed by atoms with Gasteiger partial charge in [0.1, 0.15) is 0 Å². The summed E-state index contributed by atoms with van der Waals surface area (Å²) in [5, 5.41) is 0. The summed E-state index contributed by atoms with van der Waals surface area (Å²) in [4.78, 5) is 0. The first-order valence-corrected chi connectivity index (χ1v) is 9.41. The van der Waals surface area contributed by atoms with Crippen molar-refractivity contribution >= 4 is 7.67 Å².